The Kier molecular flexibility index (Phi) is 3.72. The first-order chi connectivity index (χ1) is 9.54. The van der Waals surface area contributed by atoms with Crippen LogP contribution in [0.25, 0.3) is 0 Å². The number of methoxy groups -OCH3 is 1. The molecule has 1 fully saturated rings. The molecule has 1 spiro atoms. The minimum Gasteiger partial charge on any atom is -0.381 e. The number of hydrogen-bond donors (Lipinski definition) is 1. The minimum absolute atomic E-state index is 0.176. The number of hydrogen-bond acceptors (Lipinski definition) is 2. The lowest BCUT2D eigenvalue weighted by molar-refractivity contribution is -0.00526. The lowest BCUT2D eigenvalue weighted by Gasteiger charge is -2.48. The zero-order valence-electron chi connectivity index (χ0n) is 12.4. The SMILES string of the molecule is CCC1(N)c2cc(Br)ccc2CC12CCC(OC)CC2. The van der Waals surface area contributed by atoms with E-state index in [1.807, 2.05) is 7.11 Å². The normalized spacial score (nSPS) is 36.3. The van der Waals surface area contributed by atoms with Crippen molar-refractivity contribution in [3.05, 3.63) is 33.8 Å². The molecule has 0 aromatic heterocycles. The van der Waals surface area contributed by atoms with Crippen molar-refractivity contribution in [1.82, 2.24) is 0 Å². The molecule has 0 radical (unpaired) electrons. The van der Waals surface area contributed by atoms with E-state index >= 15 is 0 Å². The standard InChI is InChI=1S/C17H24BrNO/c1-3-17(19)15-10-13(18)5-4-12(15)11-16(17)8-6-14(20-2)7-9-16/h4-5,10,14H,3,6-9,11,19H2,1-2H3. The predicted molar refractivity (Wildman–Crippen MR) is 85.7 cm³/mol. The van der Waals surface area contributed by atoms with Crippen molar-refractivity contribution in [2.75, 3.05) is 7.11 Å². The molecule has 0 amide bonds. The van der Waals surface area contributed by atoms with Gasteiger partial charge in [-0.1, -0.05) is 28.9 Å². The summed E-state index contributed by atoms with van der Waals surface area (Å²) in [5.41, 5.74) is 9.85. The molecule has 3 heteroatoms. The number of nitrogens with two attached hydrogens (primary N) is 1. The van der Waals surface area contributed by atoms with Crippen LogP contribution < -0.4 is 5.73 Å². The second-order valence-electron chi connectivity index (χ2n) is 6.52. The van der Waals surface area contributed by atoms with Crippen LogP contribution in [-0.2, 0) is 16.7 Å². The molecule has 2 N–H and O–H groups in total. The Morgan fingerprint density at radius 3 is 2.65 bits per heavy atom. The van der Waals surface area contributed by atoms with E-state index in [2.05, 4.69) is 41.1 Å². The number of halogens is 1. The summed E-state index contributed by atoms with van der Waals surface area (Å²) < 4.78 is 6.68. The molecule has 2 aliphatic carbocycles. The average Bonchev–Trinajstić information content (AvgIpc) is 2.70. The van der Waals surface area contributed by atoms with Crippen LogP contribution in [0.2, 0.25) is 0 Å². The second kappa shape index (κ2) is 5.11. The van der Waals surface area contributed by atoms with Crippen molar-refractivity contribution < 1.29 is 4.74 Å². The Morgan fingerprint density at radius 2 is 2.05 bits per heavy atom. The highest BCUT2D eigenvalue weighted by molar-refractivity contribution is 9.10. The van der Waals surface area contributed by atoms with Crippen molar-refractivity contribution >= 4 is 15.9 Å². The summed E-state index contributed by atoms with van der Waals surface area (Å²) in [6.07, 6.45) is 7.22. The van der Waals surface area contributed by atoms with Gasteiger partial charge in [-0.2, -0.15) is 0 Å². The third kappa shape index (κ3) is 1.98. The van der Waals surface area contributed by atoms with Crippen LogP contribution in [0, 0.1) is 5.41 Å². The lowest BCUT2D eigenvalue weighted by atomic mass is 9.61. The maximum absolute atomic E-state index is 6.97. The molecule has 3 rings (SSSR count). The van der Waals surface area contributed by atoms with Gasteiger partial charge in [-0.25, -0.2) is 0 Å². The summed E-state index contributed by atoms with van der Waals surface area (Å²) in [5.74, 6) is 0. The molecular formula is C17H24BrNO. The molecule has 1 saturated carbocycles. The number of fused-ring (bicyclic) bond motifs is 1. The first-order valence-corrected chi connectivity index (χ1v) is 8.44. The summed E-state index contributed by atoms with van der Waals surface area (Å²) in [7, 11) is 1.83. The monoisotopic (exact) mass is 337 g/mol. The van der Waals surface area contributed by atoms with E-state index in [-0.39, 0.29) is 11.0 Å². The topological polar surface area (TPSA) is 35.2 Å². The van der Waals surface area contributed by atoms with Gasteiger partial charge in [-0.3, -0.25) is 0 Å². The van der Waals surface area contributed by atoms with Crippen LogP contribution in [0.4, 0.5) is 0 Å². The van der Waals surface area contributed by atoms with Gasteiger partial charge in [-0.15, -0.1) is 0 Å². The fraction of sp³-hybridized carbons (Fsp3) is 0.647. The highest BCUT2D eigenvalue weighted by atomic mass is 79.9. The average molecular weight is 338 g/mol. The van der Waals surface area contributed by atoms with Crippen molar-refractivity contribution in [3.8, 4) is 0 Å². The van der Waals surface area contributed by atoms with Gasteiger partial charge < -0.3 is 10.5 Å². The Hall–Kier alpha value is -0.380. The van der Waals surface area contributed by atoms with Crippen LogP contribution in [0.3, 0.4) is 0 Å². The Labute approximate surface area is 130 Å². The van der Waals surface area contributed by atoms with Gasteiger partial charge in [0.2, 0.25) is 0 Å². The van der Waals surface area contributed by atoms with Crippen LogP contribution in [0.1, 0.15) is 50.2 Å². The van der Waals surface area contributed by atoms with Crippen LogP contribution in [0.15, 0.2) is 22.7 Å². The van der Waals surface area contributed by atoms with Gasteiger partial charge in [0.05, 0.1) is 6.10 Å². The van der Waals surface area contributed by atoms with Crippen LogP contribution in [0.5, 0.6) is 0 Å². The zero-order chi connectivity index (χ0) is 14.4. The maximum atomic E-state index is 6.97. The summed E-state index contributed by atoms with van der Waals surface area (Å²) in [6, 6.07) is 6.65. The highest BCUT2D eigenvalue weighted by Gasteiger charge is 2.55. The van der Waals surface area contributed by atoms with E-state index < -0.39 is 0 Å². The first kappa shape index (κ1) is 14.6. The second-order valence-corrected chi connectivity index (χ2v) is 7.43. The number of ether oxygens (including phenoxy) is 1. The molecule has 1 aromatic rings. The van der Waals surface area contributed by atoms with Crippen molar-refractivity contribution in [2.45, 2.75) is 57.1 Å². The quantitative estimate of drug-likeness (QED) is 0.879. The largest absolute Gasteiger partial charge is 0.381 e. The van der Waals surface area contributed by atoms with Gasteiger partial charge in [0, 0.05) is 17.1 Å². The third-order valence-corrected chi connectivity index (χ3v) is 6.30. The third-order valence-electron chi connectivity index (χ3n) is 5.81. The van der Waals surface area contributed by atoms with Gasteiger partial charge >= 0.3 is 0 Å². The summed E-state index contributed by atoms with van der Waals surface area (Å²) >= 11 is 3.60. The Morgan fingerprint density at radius 1 is 1.35 bits per heavy atom. The van der Waals surface area contributed by atoms with E-state index in [4.69, 9.17) is 10.5 Å². The first-order valence-electron chi connectivity index (χ1n) is 7.65. The smallest absolute Gasteiger partial charge is 0.0571 e. The predicted octanol–water partition coefficient (Wildman–Crippen LogP) is 4.14. The van der Waals surface area contributed by atoms with E-state index in [1.165, 1.54) is 24.0 Å². The molecule has 20 heavy (non-hydrogen) atoms. The Bertz CT molecular complexity index is 508. The Balaban J connectivity index is 1.99. The van der Waals surface area contributed by atoms with Crippen molar-refractivity contribution in [3.63, 3.8) is 0 Å². The maximum Gasteiger partial charge on any atom is 0.0571 e. The summed E-state index contributed by atoms with van der Waals surface area (Å²) in [5, 5.41) is 0. The molecule has 0 bridgehead atoms. The van der Waals surface area contributed by atoms with E-state index in [0.29, 0.717) is 6.10 Å². The molecule has 1 unspecified atom stereocenters. The zero-order valence-corrected chi connectivity index (χ0v) is 14.0. The summed E-state index contributed by atoms with van der Waals surface area (Å²) in [4.78, 5) is 0. The molecule has 0 saturated heterocycles. The van der Waals surface area contributed by atoms with Crippen molar-refractivity contribution in [1.29, 1.82) is 0 Å². The molecule has 110 valence electrons. The van der Waals surface area contributed by atoms with Crippen LogP contribution >= 0.6 is 15.9 Å². The van der Waals surface area contributed by atoms with Gasteiger partial charge in [-0.05, 0) is 67.2 Å². The number of benzene rings is 1. The van der Waals surface area contributed by atoms with Crippen molar-refractivity contribution in [2.24, 2.45) is 11.1 Å². The van der Waals surface area contributed by atoms with Gasteiger partial charge in [0.15, 0.2) is 0 Å². The fourth-order valence-electron chi connectivity index (χ4n) is 4.49. The molecular weight excluding hydrogens is 314 g/mol. The molecule has 2 aliphatic rings. The highest BCUT2D eigenvalue weighted by Crippen LogP contribution is 2.58. The van der Waals surface area contributed by atoms with Gasteiger partial charge in [0.1, 0.15) is 0 Å². The van der Waals surface area contributed by atoms with E-state index in [9.17, 15) is 0 Å². The lowest BCUT2D eigenvalue weighted by Crippen LogP contribution is -2.52. The minimum atomic E-state index is -0.176. The molecule has 2 nitrogen and oxygen atoms in total. The molecule has 1 aromatic carbocycles. The van der Waals surface area contributed by atoms with Gasteiger partial charge in [0.25, 0.3) is 0 Å². The van der Waals surface area contributed by atoms with E-state index in [1.54, 1.807) is 0 Å². The fourth-order valence-corrected chi connectivity index (χ4v) is 4.86. The number of rotatable bonds is 2. The molecule has 0 aliphatic heterocycles. The molecule has 0 heterocycles. The summed E-state index contributed by atoms with van der Waals surface area (Å²) in [6.45, 7) is 2.24. The van der Waals surface area contributed by atoms with E-state index in [0.717, 1.165) is 30.2 Å². The molecule has 1 atom stereocenters. The van der Waals surface area contributed by atoms with Crippen LogP contribution in [-0.4, -0.2) is 13.2 Å².